The van der Waals surface area contributed by atoms with Crippen LogP contribution in [-0.2, 0) is 14.3 Å². The molecule has 1 aliphatic heterocycles. The van der Waals surface area contributed by atoms with Crippen molar-refractivity contribution < 1.29 is 74.5 Å². The van der Waals surface area contributed by atoms with E-state index in [9.17, 15) is 40.2 Å². The number of aliphatic hydroxyl groups excluding tert-OH is 4. The molecule has 1 aliphatic rings. The third-order valence-corrected chi connectivity index (χ3v) is 5.92. The normalized spacial score (nSPS) is 25.5. The van der Waals surface area contributed by atoms with Crippen molar-refractivity contribution in [3.05, 3.63) is 0 Å². The van der Waals surface area contributed by atoms with Gasteiger partial charge < -0.3 is 40.7 Å². The molecule has 0 aliphatic carbocycles. The van der Waals surface area contributed by atoms with Gasteiger partial charge in [0.1, 0.15) is 30.5 Å². The van der Waals surface area contributed by atoms with Crippen molar-refractivity contribution in [2.24, 2.45) is 4.99 Å². The van der Waals surface area contributed by atoms with Crippen molar-refractivity contribution >= 4 is 17.8 Å². The van der Waals surface area contributed by atoms with Crippen LogP contribution in [-0.4, -0.2) is 86.6 Å². The Morgan fingerprint density at radius 3 is 2.06 bits per heavy atom. The Hall–Kier alpha value is -0.790. The quantitative estimate of drug-likeness (QED) is 0.0504. The van der Waals surface area contributed by atoms with Crippen LogP contribution in [0.3, 0.4) is 0 Å². The maximum atomic E-state index is 12.2. The van der Waals surface area contributed by atoms with E-state index in [1.165, 1.54) is 32.1 Å². The minimum absolute atomic E-state index is 0. The molecule has 1 amide bonds. The smallest absolute Gasteiger partial charge is 0.862 e. The molecule has 0 aromatic carbocycles. The summed E-state index contributed by atoms with van der Waals surface area (Å²) in [6.07, 6.45) is 2.02. The maximum Gasteiger partial charge on any atom is 1.00 e. The second kappa shape index (κ2) is 19.3. The van der Waals surface area contributed by atoms with Crippen LogP contribution in [0.1, 0.15) is 84.0 Å². The van der Waals surface area contributed by atoms with Crippen LogP contribution < -0.4 is 40.0 Å². The number of amides is 1. The van der Waals surface area contributed by atoms with Crippen LogP contribution >= 0.6 is 0 Å². The van der Waals surface area contributed by atoms with Crippen LogP contribution in [0.5, 0.6) is 0 Å². The number of aliphatic hydroxyl groups is 4. The van der Waals surface area contributed by atoms with Gasteiger partial charge >= 0.3 is 35.5 Å². The number of carbonyl (C=O) groups is 2. The van der Waals surface area contributed by atoms with Gasteiger partial charge in [-0.1, -0.05) is 58.3 Å². The molecule has 1 saturated heterocycles. The first kappa shape index (κ1) is 34.2. The molecule has 11 nitrogen and oxygen atoms in total. The number of nitrogens with one attached hydrogen (secondary N) is 1. The molecule has 6 atom stereocenters. The zero-order valence-electron chi connectivity index (χ0n) is 21.0. The van der Waals surface area contributed by atoms with E-state index in [-0.39, 0.29) is 48.8 Å². The number of aliphatic imine (C=N–C) groups is 1. The van der Waals surface area contributed by atoms with Gasteiger partial charge in [0.25, 0.3) is 0 Å². The van der Waals surface area contributed by atoms with Gasteiger partial charge in [-0.3, -0.25) is 9.79 Å². The van der Waals surface area contributed by atoms with Crippen LogP contribution in [0.4, 0.5) is 0 Å². The molecule has 0 aromatic rings. The van der Waals surface area contributed by atoms with E-state index in [4.69, 9.17) is 4.74 Å². The molecular weight excluding hydrogens is 471 g/mol. The van der Waals surface area contributed by atoms with Gasteiger partial charge in [-0.15, -0.1) is 0 Å². The number of ether oxygens (including phenoxy) is 1. The Kier molecular flexibility index (Phi) is 18.9. The van der Waals surface area contributed by atoms with Gasteiger partial charge in [-0.25, -0.2) is 4.79 Å². The Morgan fingerprint density at radius 1 is 0.943 bits per heavy atom. The Balaban J connectivity index is 0.0000116. The molecule has 0 aromatic heterocycles. The van der Waals surface area contributed by atoms with E-state index in [1.807, 2.05) is 0 Å². The zero-order valence-corrected chi connectivity index (χ0v) is 23.0. The number of carboxylic acid groups (broad SMARTS) is 1. The predicted octanol–water partition coefficient (Wildman–Crippen LogP) is -3.18. The molecule has 0 saturated carbocycles. The van der Waals surface area contributed by atoms with Crippen molar-refractivity contribution in [1.82, 2.24) is 5.32 Å². The first-order valence-electron chi connectivity index (χ1n) is 12.3. The van der Waals surface area contributed by atoms with Crippen molar-refractivity contribution in [1.29, 1.82) is 0 Å². The largest absolute Gasteiger partial charge is 1.00 e. The number of rotatable bonds is 17. The average Bonchev–Trinajstić information content (AvgIpc) is 2.80. The minimum atomic E-state index is -1.64. The van der Waals surface area contributed by atoms with Gasteiger partial charge in [0, 0.05) is 6.42 Å². The van der Waals surface area contributed by atoms with Crippen molar-refractivity contribution in [2.75, 3.05) is 6.61 Å². The number of carbonyl (C=O) groups excluding carboxylic acids is 1. The van der Waals surface area contributed by atoms with Crippen LogP contribution in [0.2, 0.25) is 0 Å². The molecule has 0 bridgehead atoms. The molecule has 0 radical (unpaired) electrons. The van der Waals surface area contributed by atoms with Gasteiger partial charge in [0.2, 0.25) is 5.91 Å². The molecular formula is C23H41N2NaO9. The zero-order chi connectivity index (χ0) is 25.5. The molecule has 0 spiro atoms. The SMILES string of the molecule is CCCCCCCCCCCC([O-])=NC(CCC(=O)N[C@@H]1O[C@H](CO)[C@@H](O)[C@H](O)[C@H]1O)C(=O)O.[Na+]. The van der Waals surface area contributed by atoms with E-state index in [0.717, 1.165) is 19.3 Å². The Morgan fingerprint density at radius 2 is 1.51 bits per heavy atom. The number of hydrogen-bond acceptors (Lipinski definition) is 9. The molecule has 35 heavy (non-hydrogen) atoms. The summed E-state index contributed by atoms with van der Waals surface area (Å²) in [4.78, 5) is 27.3. The van der Waals surface area contributed by atoms with E-state index < -0.39 is 61.1 Å². The molecule has 12 heteroatoms. The molecule has 1 heterocycles. The summed E-state index contributed by atoms with van der Waals surface area (Å²) in [7, 11) is 0. The summed E-state index contributed by atoms with van der Waals surface area (Å²) in [6, 6.07) is -1.37. The first-order chi connectivity index (χ1) is 16.2. The second-order valence-electron chi connectivity index (χ2n) is 8.81. The first-order valence-corrected chi connectivity index (χ1v) is 12.3. The van der Waals surface area contributed by atoms with E-state index in [2.05, 4.69) is 17.2 Å². The summed E-state index contributed by atoms with van der Waals surface area (Å²) in [5.41, 5.74) is 0. The Labute approximate surface area is 229 Å². The Bertz CT molecular complexity index is 636. The minimum Gasteiger partial charge on any atom is -0.862 e. The summed E-state index contributed by atoms with van der Waals surface area (Å²) >= 11 is 0. The van der Waals surface area contributed by atoms with Gasteiger partial charge in [-0.2, -0.15) is 0 Å². The van der Waals surface area contributed by atoms with E-state index >= 15 is 0 Å². The van der Waals surface area contributed by atoms with Crippen LogP contribution in [0.15, 0.2) is 4.99 Å². The molecule has 1 unspecified atom stereocenters. The van der Waals surface area contributed by atoms with Crippen molar-refractivity contribution in [3.63, 3.8) is 0 Å². The summed E-state index contributed by atoms with van der Waals surface area (Å²) in [6.45, 7) is 1.54. The monoisotopic (exact) mass is 512 g/mol. The second-order valence-corrected chi connectivity index (χ2v) is 8.81. The molecule has 6 N–H and O–H groups in total. The fourth-order valence-electron chi connectivity index (χ4n) is 3.79. The molecule has 1 fully saturated rings. The molecule has 1 rings (SSSR count). The number of hydrogen-bond donors (Lipinski definition) is 6. The van der Waals surface area contributed by atoms with Crippen molar-refractivity contribution in [2.45, 2.75) is 121 Å². The molecule has 198 valence electrons. The number of nitrogens with zero attached hydrogens (tertiary/aromatic N) is 1. The van der Waals surface area contributed by atoms with Gasteiger partial charge in [0.05, 0.1) is 6.61 Å². The fourth-order valence-corrected chi connectivity index (χ4v) is 3.79. The fraction of sp³-hybridized carbons (Fsp3) is 0.870. The number of unbranched alkanes of at least 4 members (excludes halogenated alkanes) is 8. The average molecular weight is 513 g/mol. The summed E-state index contributed by atoms with van der Waals surface area (Å²) in [5, 5.41) is 62.3. The predicted molar refractivity (Wildman–Crippen MR) is 122 cm³/mol. The van der Waals surface area contributed by atoms with E-state index in [0.29, 0.717) is 6.42 Å². The van der Waals surface area contributed by atoms with Gasteiger partial charge in [0.15, 0.2) is 6.23 Å². The third-order valence-electron chi connectivity index (χ3n) is 5.92. The maximum absolute atomic E-state index is 12.2. The van der Waals surface area contributed by atoms with Crippen LogP contribution in [0, 0.1) is 0 Å². The van der Waals surface area contributed by atoms with Crippen molar-refractivity contribution in [3.8, 4) is 0 Å². The van der Waals surface area contributed by atoms with E-state index in [1.54, 1.807) is 0 Å². The summed E-state index contributed by atoms with van der Waals surface area (Å²) in [5.74, 6) is -2.53. The third kappa shape index (κ3) is 13.4. The van der Waals surface area contributed by atoms with Crippen LogP contribution in [0.25, 0.3) is 0 Å². The standard InChI is InChI=1S/C23H42N2O9.Na/c1-2-3-4-5-6-7-8-9-10-11-17(27)24-15(23(32)33)12-13-18(28)25-22-21(31)20(30)19(29)16(14-26)34-22;/h15-16,19-22,26,29-31H,2-14H2,1H3,(H,24,27)(H,25,28)(H,32,33);/q;+1/p-1/t15?,16-,19-,20+,21-,22-;/m1./s1. The topological polar surface area (TPSA) is 192 Å². The summed E-state index contributed by atoms with van der Waals surface area (Å²) < 4.78 is 5.18. The number of carboxylic acids is 1. The van der Waals surface area contributed by atoms with Gasteiger partial charge in [-0.05, 0) is 25.2 Å². The number of aliphatic carboxylic acids is 1.